The van der Waals surface area contributed by atoms with Gasteiger partial charge in [0.15, 0.2) is 15.0 Å². The molecule has 2 fully saturated rings. The van der Waals surface area contributed by atoms with E-state index in [0.717, 1.165) is 16.8 Å². The van der Waals surface area contributed by atoms with E-state index in [1.165, 1.54) is 11.8 Å². The molecule has 140 valence electrons. The Bertz CT molecular complexity index is 894. The van der Waals surface area contributed by atoms with Crippen LogP contribution in [0, 0.1) is 13.8 Å². The SMILES string of the molecule is Cc1ccc(C)c(N2C(=NC(=O)CCC(=O)[O-])S[C@H]3CS(=O)(=O)C[C@H]32)c1. The Balaban J connectivity index is 1.97. The highest BCUT2D eigenvalue weighted by atomic mass is 32.2. The number of carboxylic acids is 1. The minimum Gasteiger partial charge on any atom is -0.550 e. The number of rotatable bonds is 4. The van der Waals surface area contributed by atoms with E-state index in [0.29, 0.717) is 5.17 Å². The third-order valence-corrected chi connectivity index (χ3v) is 7.66. The van der Waals surface area contributed by atoms with Gasteiger partial charge in [0.1, 0.15) is 0 Å². The molecule has 2 heterocycles. The van der Waals surface area contributed by atoms with Gasteiger partial charge in [-0.3, -0.25) is 4.79 Å². The number of aryl methyl sites for hydroxylation is 2. The number of amidine groups is 1. The number of thioether (sulfide) groups is 1. The van der Waals surface area contributed by atoms with Crippen molar-refractivity contribution in [3.05, 3.63) is 29.3 Å². The van der Waals surface area contributed by atoms with Crippen molar-refractivity contribution < 1.29 is 23.1 Å². The predicted octanol–water partition coefficient (Wildman–Crippen LogP) is 0.435. The van der Waals surface area contributed by atoms with E-state index in [-0.39, 0.29) is 35.6 Å². The predicted molar refractivity (Wildman–Crippen MR) is 98.9 cm³/mol. The maximum atomic E-state index is 12.1. The molecular formula is C17H19N2O5S2-. The minimum absolute atomic E-state index is 0.0182. The summed E-state index contributed by atoms with van der Waals surface area (Å²) in [5, 5.41) is 10.8. The zero-order valence-corrected chi connectivity index (χ0v) is 16.1. The number of hydrogen-bond acceptors (Lipinski definition) is 6. The summed E-state index contributed by atoms with van der Waals surface area (Å²) < 4.78 is 24.1. The van der Waals surface area contributed by atoms with Crippen molar-refractivity contribution in [3.8, 4) is 0 Å². The van der Waals surface area contributed by atoms with Crippen molar-refractivity contribution in [1.29, 1.82) is 0 Å². The van der Waals surface area contributed by atoms with Gasteiger partial charge in [0, 0.05) is 23.3 Å². The zero-order chi connectivity index (χ0) is 19.1. The number of nitrogens with zero attached hydrogens (tertiary/aromatic N) is 2. The van der Waals surface area contributed by atoms with Crippen molar-refractivity contribution in [2.24, 2.45) is 4.99 Å². The van der Waals surface area contributed by atoms with Crippen LogP contribution in [0.1, 0.15) is 24.0 Å². The summed E-state index contributed by atoms with van der Waals surface area (Å²) in [6, 6.07) is 5.58. The number of sulfone groups is 1. The first-order valence-corrected chi connectivity index (χ1v) is 10.9. The van der Waals surface area contributed by atoms with Gasteiger partial charge in [-0.25, -0.2) is 8.42 Å². The lowest BCUT2D eigenvalue weighted by Gasteiger charge is -2.26. The Morgan fingerprint density at radius 3 is 2.69 bits per heavy atom. The molecule has 0 unspecified atom stereocenters. The number of aliphatic imine (C=N–C) groups is 1. The van der Waals surface area contributed by atoms with Gasteiger partial charge >= 0.3 is 0 Å². The van der Waals surface area contributed by atoms with Crippen molar-refractivity contribution in [2.75, 3.05) is 16.4 Å². The zero-order valence-electron chi connectivity index (χ0n) is 14.5. The fourth-order valence-electron chi connectivity index (χ4n) is 3.20. The highest BCUT2D eigenvalue weighted by Crippen LogP contribution is 2.42. The van der Waals surface area contributed by atoms with E-state index in [2.05, 4.69) is 4.99 Å². The van der Waals surface area contributed by atoms with Crippen LogP contribution in [-0.2, 0) is 19.4 Å². The molecule has 2 atom stereocenters. The first-order valence-electron chi connectivity index (χ1n) is 8.21. The first kappa shape index (κ1) is 18.9. The van der Waals surface area contributed by atoms with E-state index < -0.39 is 21.7 Å². The average Bonchev–Trinajstić information content (AvgIpc) is 2.99. The molecule has 0 spiro atoms. The number of benzene rings is 1. The molecule has 9 heteroatoms. The standard InChI is InChI=1S/C17H20N2O5S2/c1-10-3-4-11(2)12(7-10)19-13-8-26(23,24)9-14(13)25-17(19)18-15(20)5-6-16(21)22/h3-4,7,13-14H,5-6,8-9H2,1-2H3,(H,21,22)/p-1/t13-,14+/m1/s1. The number of fused-ring (bicyclic) bond motifs is 1. The normalized spacial score (nSPS) is 25.5. The van der Waals surface area contributed by atoms with Crippen LogP contribution < -0.4 is 10.0 Å². The first-order chi connectivity index (χ1) is 12.2. The Hall–Kier alpha value is -1.87. The molecule has 0 aromatic heterocycles. The number of carbonyl (C=O) groups excluding carboxylic acids is 2. The number of amides is 1. The lowest BCUT2D eigenvalue weighted by Crippen LogP contribution is -2.38. The van der Waals surface area contributed by atoms with Crippen molar-refractivity contribution in [2.45, 2.75) is 38.0 Å². The van der Waals surface area contributed by atoms with Crippen LogP contribution in [0.2, 0.25) is 0 Å². The van der Waals surface area contributed by atoms with Crippen LogP contribution in [-0.4, -0.2) is 48.3 Å². The maximum absolute atomic E-state index is 12.1. The van der Waals surface area contributed by atoms with Crippen molar-refractivity contribution in [1.82, 2.24) is 0 Å². The number of carboxylic acid groups (broad SMARTS) is 1. The third-order valence-electron chi connectivity index (χ3n) is 4.45. The lowest BCUT2D eigenvalue weighted by molar-refractivity contribution is -0.305. The number of anilines is 1. The molecule has 0 saturated carbocycles. The molecule has 7 nitrogen and oxygen atoms in total. The topological polar surface area (TPSA) is 107 Å². The summed E-state index contributed by atoms with van der Waals surface area (Å²) in [7, 11) is -3.13. The van der Waals surface area contributed by atoms with Gasteiger partial charge in [0.2, 0.25) is 5.91 Å². The molecule has 0 aliphatic carbocycles. The van der Waals surface area contributed by atoms with Crippen LogP contribution in [0.15, 0.2) is 23.2 Å². The molecule has 2 saturated heterocycles. The number of carbonyl (C=O) groups is 2. The molecule has 3 rings (SSSR count). The van der Waals surface area contributed by atoms with Gasteiger partial charge < -0.3 is 14.8 Å². The molecular weight excluding hydrogens is 376 g/mol. The summed E-state index contributed by atoms with van der Waals surface area (Å²) in [5.74, 6) is -1.78. The quantitative estimate of drug-likeness (QED) is 0.728. The van der Waals surface area contributed by atoms with Gasteiger partial charge in [-0.15, -0.1) is 0 Å². The Morgan fingerprint density at radius 2 is 2.00 bits per heavy atom. The van der Waals surface area contributed by atoms with Crippen LogP contribution in [0.5, 0.6) is 0 Å². The number of aliphatic carboxylic acids is 1. The molecule has 0 N–H and O–H groups in total. The van der Waals surface area contributed by atoms with Gasteiger partial charge in [-0.2, -0.15) is 4.99 Å². The Kier molecular flexibility index (Phi) is 5.12. The average molecular weight is 395 g/mol. The molecule has 2 aliphatic rings. The molecule has 2 aliphatic heterocycles. The van der Waals surface area contributed by atoms with E-state index in [1.54, 1.807) is 0 Å². The summed E-state index contributed by atoms with van der Waals surface area (Å²) in [6.45, 7) is 3.86. The molecule has 1 amide bonds. The van der Waals surface area contributed by atoms with E-state index >= 15 is 0 Å². The monoisotopic (exact) mass is 395 g/mol. The van der Waals surface area contributed by atoms with Crippen LogP contribution in [0.4, 0.5) is 5.69 Å². The molecule has 0 radical (unpaired) electrons. The number of hydrogen-bond donors (Lipinski definition) is 0. The van der Waals surface area contributed by atoms with Gasteiger partial charge in [0.25, 0.3) is 0 Å². The molecule has 26 heavy (non-hydrogen) atoms. The largest absolute Gasteiger partial charge is 0.550 e. The fourth-order valence-corrected chi connectivity index (χ4v) is 7.12. The lowest BCUT2D eigenvalue weighted by atomic mass is 10.1. The van der Waals surface area contributed by atoms with Gasteiger partial charge in [-0.1, -0.05) is 23.9 Å². The summed E-state index contributed by atoms with van der Waals surface area (Å²) in [4.78, 5) is 28.5. The highest BCUT2D eigenvalue weighted by molar-refractivity contribution is 8.16. The van der Waals surface area contributed by atoms with E-state index in [1.807, 2.05) is 36.9 Å². The van der Waals surface area contributed by atoms with Crippen molar-refractivity contribution in [3.63, 3.8) is 0 Å². The fraction of sp³-hybridized carbons (Fsp3) is 0.471. The minimum atomic E-state index is -3.13. The maximum Gasteiger partial charge on any atom is 0.248 e. The van der Waals surface area contributed by atoms with Crippen LogP contribution in [0.3, 0.4) is 0 Å². The smallest absolute Gasteiger partial charge is 0.248 e. The summed E-state index contributed by atoms with van der Waals surface area (Å²) in [5.41, 5.74) is 2.80. The van der Waals surface area contributed by atoms with Gasteiger partial charge in [0.05, 0.1) is 17.5 Å². The molecule has 0 bridgehead atoms. The second-order valence-corrected chi connectivity index (χ2v) is 9.98. The second-order valence-electron chi connectivity index (χ2n) is 6.62. The summed E-state index contributed by atoms with van der Waals surface area (Å²) >= 11 is 1.28. The second kappa shape index (κ2) is 7.03. The van der Waals surface area contributed by atoms with E-state index in [4.69, 9.17) is 0 Å². The van der Waals surface area contributed by atoms with Crippen LogP contribution >= 0.6 is 11.8 Å². The Morgan fingerprint density at radius 1 is 1.27 bits per heavy atom. The molecule has 1 aromatic rings. The molecule has 1 aromatic carbocycles. The van der Waals surface area contributed by atoms with Gasteiger partial charge in [-0.05, 0) is 37.5 Å². The Labute approximate surface area is 156 Å². The summed E-state index contributed by atoms with van der Waals surface area (Å²) in [6.07, 6.45) is -0.619. The third kappa shape index (κ3) is 3.93. The highest BCUT2D eigenvalue weighted by Gasteiger charge is 2.49. The van der Waals surface area contributed by atoms with Crippen LogP contribution in [0.25, 0.3) is 0 Å². The van der Waals surface area contributed by atoms with E-state index in [9.17, 15) is 23.1 Å². The van der Waals surface area contributed by atoms with Crippen molar-refractivity contribution >= 4 is 44.3 Å².